The Bertz CT molecular complexity index is 1100. The largest absolute Gasteiger partial charge is 0.461 e. The molecular formula is C18H15ClFNO4S. The average Bonchev–Trinajstić information content (AvgIpc) is 2.90. The van der Waals surface area contributed by atoms with E-state index in [-0.39, 0.29) is 27.4 Å². The molecule has 1 heterocycles. The highest BCUT2D eigenvalue weighted by atomic mass is 35.5. The number of halogens is 2. The van der Waals surface area contributed by atoms with Crippen LogP contribution in [-0.4, -0.2) is 25.0 Å². The maximum atomic E-state index is 15.0. The molecule has 5 nitrogen and oxygen atoms in total. The molecule has 0 N–H and O–H groups in total. The first-order valence-corrected chi connectivity index (χ1v) is 9.58. The van der Waals surface area contributed by atoms with Crippen LogP contribution >= 0.6 is 11.6 Å². The number of esters is 1. The molecule has 0 spiro atoms. The van der Waals surface area contributed by atoms with Crippen LogP contribution in [0.4, 0.5) is 4.39 Å². The molecular weight excluding hydrogens is 381 g/mol. The van der Waals surface area contributed by atoms with Gasteiger partial charge >= 0.3 is 5.97 Å². The van der Waals surface area contributed by atoms with E-state index in [0.29, 0.717) is 3.97 Å². The lowest BCUT2D eigenvalue weighted by molar-refractivity contribution is 0.0513. The Hall–Kier alpha value is -2.38. The number of aromatic nitrogens is 1. The maximum absolute atomic E-state index is 15.0. The fraction of sp³-hybridized carbons (Fsp3) is 0.167. The molecule has 0 fully saturated rings. The van der Waals surface area contributed by atoms with Gasteiger partial charge in [-0.3, -0.25) is 0 Å². The number of ether oxygens (including phenoxy) is 1. The number of rotatable bonds is 4. The van der Waals surface area contributed by atoms with Gasteiger partial charge in [0.05, 0.1) is 27.4 Å². The summed E-state index contributed by atoms with van der Waals surface area (Å²) in [4.78, 5) is 12.2. The Kier molecular flexibility index (Phi) is 4.77. The summed E-state index contributed by atoms with van der Waals surface area (Å²) >= 11 is 6.05. The average molecular weight is 396 g/mol. The van der Waals surface area contributed by atoms with E-state index in [4.69, 9.17) is 16.3 Å². The van der Waals surface area contributed by atoms with Crippen LogP contribution in [0.15, 0.2) is 47.4 Å². The maximum Gasteiger partial charge on any atom is 0.359 e. The summed E-state index contributed by atoms with van der Waals surface area (Å²) in [5.41, 5.74) is 0.135. The molecule has 0 bridgehead atoms. The van der Waals surface area contributed by atoms with Crippen molar-refractivity contribution >= 4 is 38.5 Å². The molecule has 3 aromatic rings. The molecule has 2 aromatic carbocycles. The zero-order valence-corrected chi connectivity index (χ0v) is 15.6. The first kappa shape index (κ1) is 18.4. The molecule has 0 aliphatic rings. The van der Waals surface area contributed by atoms with Crippen molar-refractivity contribution in [1.82, 2.24) is 3.97 Å². The van der Waals surface area contributed by atoms with Gasteiger partial charge in [-0.25, -0.2) is 21.6 Å². The lowest BCUT2D eigenvalue weighted by Gasteiger charge is -2.11. The molecule has 0 atom stereocenters. The molecule has 1 aromatic heterocycles. The van der Waals surface area contributed by atoms with Gasteiger partial charge in [0.1, 0.15) is 0 Å². The van der Waals surface area contributed by atoms with Crippen LogP contribution in [0.25, 0.3) is 10.9 Å². The fourth-order valence-corrected chi connectivity index (χ4v) is 4.41. The quantitative estimate of drug-likeness (QED) is 0.622. The molecule has 136 valence electrons. The number of hydrogen-bond acceptors (Lipinski definition) is 4. The highest BCUT2D eigenvalue weighted by Crippen LogP contribution is 2.34. The lowest BCUT2D eigenvalue weighted by Crippen LogP contribution is -2.20. The van der Waals surface area contributed by atoms with Crippen LogP contribution in [0.5, 0.6) is 0 Å². The smallest absolute Gasteiger partial charge is 0.359 e. The van der Waals surface area contributed by atoms with Crippen molar-refractivity contribution < 1.29 is 22.3 Å². The second kappa shape index (κ2) is 6.74. The van der Waals surface area contributed by atoms with Crippen LogP contribution in [0.2, 0.25) is 5.02 Å². The van der Waals surface area contributed by atoms with E-state index in [0.717, 1.165) is 5.56 Å². The number of nitrogens with zero attached hydrogens (tertiary/aromatic N) is 1. The molecule has 26 heavy (non-hydrogen) atoms. The highest BCUT2D eigenvalue weighted by Gasteiger charge is 2.32. The minimum atomic E-state index is -4.26. The van der Waals surface area contributed by atoms with Crippen LogP contribution in [0.3, 0.4) is 0 Å². The lowest BCUT2D eigenvalue weighted by atomic mass is 10.2. The summed E-state index contributed by atoms with van der Waals surface area (Å²) < 4.78 is 46.8. The molecule has 0 radical (unpaired) electrons. The Morgan fingerprint density at radius 2 is 1.85 bits per heavy atom. The minimum Gasteiger partial charge on any atom is -0.461 e. The SMILES string of the molecule is CCOC(=O)c1c(F)c2c(Cl)cccc2n1S(=O)(=O)c1ccc(C)cc1. The number of benzene rings is 2. The number of hydrogen-bond donors (Lipinski definition) is 0. The van der Waals surface area contributed by atoms with Gasteiger partial charge in [0, 0.05) is 0 Å². The van der Waals surface area contributed by atoms with E-state index in [1.807, 2.05) is 6.92 Å². The van der Waals surface area contributed by atoms with Crippen molar-refractivity contribution in [2.45, 2.75) is 18.7 Å². The van der Waals surface area contributed by atoms with E-state index in [1.165, 1.54) is 30.3 Å². The van der Waals surface area contributed by atoms with E-state index in [9.17, 15) is 17.6 Å². The molecule has 8 heteroatoms. The predicted molar refractivity (Wildman–Crippen MR) is 96.6 cm³/mol. The predicted octanol–water partition coefficient (Wildman–Crippen LogP) is 4.16. The van der Waals surface area contributed by atoms with Crippen molar-refractivity contribution in [2.24, 2.45) is 0 Å². The fourth-order valence-electron chi connectivity index (χ4n) is 2.66. The van der Waals surface area contributed by atoms with Crippen molar-refractivity contribution in [1.29, 1.82) is 0 Å². The van der Waals surface area contributed by atoms with Gasteiger partial charge in [0.15, 0.2) is 11.5 Å². The summed E-state index contributed by atoms with van der Waals surface area (Å²) in [6.07, 6.45) is 0. The summed E-state index contributed by atoms with van der Waals surface area (Å²) in [6.45, 7) is 3.33. The van der Waals surface area contributed by atoms with Gasteiger partial charge in [-0.1, -0.05) is 35.4 Å². The summed E-state index contributed by atoms with van der Waals surface area (Å²) in [5, 5.41) is -0.142. The van der Waals surface area contributed by atoms with Crippen LogP contribution in [0.1, 0.15) is 23.0 Å². The molecule has 0 unspecified atom stereocenters. The second-order valence-corrected chi connectivity index (χ2v) is 7.79. The molecule has 0 saturated heterocycles. The third-order valence-electron chi connectivity index (χ3n) is 3.87. The van der Waals surface area contributed by atoms with E-state index < -0.39 is 27.5 Å². The Balaban J connectivity index is 2.40. The van der Waals surface area contributed by atoms with Crippen molar-refractivity contribution in [3.05, 3.63) is 64.6 Å². The summed E-state index contributed by atoms with van der Waals surface area (Å²) in [7, 11) is -4.26. The van der Waals surface area contributed by atoms with Crippen molar-refractivity contribution in [3.63, 3.8) is 0 Å². The summed E-state index contributed by atoms with van der Waals surface area (Å²) in [6, 6.07) is 10.3. The summed E-state index contributed by atoms with van der Waals surface area (Å²) in [5.74, 6) is -2.10. The van der Waals surface area contributed by atoms with Gasteiger partial charge in [-0.05, 0) is 38.1 Å². The molecule has 0 saturated carbocycles. The van der Waals surface area contributed by atoms with Crippen LogP contribution in [0, 0.1) is 12.7 Å². The van der Waals surface area contributed by atoms with Gasteiger partial charge in [-0.2, -0.15) is 0 Å². The van der Waals surface area contributed by atoms with Crippen LogP contribution < -0.4 is 0 Å². The van der Waals surface area contributed by atoms with Crippen molar-refractivity contribution in [3.8, 4) is 0 Å². The zero-order valence-electron chi connectivity index (χ0n) is 14.0. The monoisotopic (exact) mass is 395 g/mol. The first-order chi connectivity index (χ1) is 12.3. The third kappa shape index (κ3) is 2.87. The zero-order chi connectivity index (χ0) is 19.1. The molecule has 0 amide bonds. The Labute approximate surface area is 155 Å². The Morgan fingerprint density at radius 3 is 2.46 bits per heavy atom. The minimum absolute atomic E-state index is 0.00315. The number of fused-ring (bicyclic) bond motifs is 1. The number of carbonyl (C=O) groups is 1. The number of carbonyl (C=O) groups excluding carboxylic acids is 1. The highest BCUT2D eigenvalue weighted by molar-refractivity contribution is 7.90. The van der Waals surface area contributed by atoms with Gasteiger partial charge in [0.2, 0.25) is 0 Å². The molecule has 0 aliphatic heterocycles. The van der Waals surface area contributed by atoms with Gasteiger partial charge in [-0.15, -0.1) is 0 Å². The molecule has 3 rings (SSSR count). The molecule has 0 aliphatic carbocycles. The second-order valence-electron chi connectivity index (χ2n) is 5.60. The standard InChI is InChI=1S/C18H15ClFNO4S/c1-3-25-18(22)17-16(20)15-13(19)5-4-6-14(15)21(17)26(23,24)12-9-7-11(2)8-10-12/h4-10H,3H2,1-2H3. The number of aryl methyl sites for hydroxylation is 1. The van der Waals surface area contributed by atoms with Crippen LogP contribution in [-0.2, 0) is 14.8 Å². The van der Waals surface area contributed by atoms with Gasteiger partial charge < -0.3 is 4.74 Å². The first-order valence-electron chi connectivity index (χ1n) is 7.76. The van der Waals surface area contributed by atoms with E-state index >= 15 is 0 Å². The van der Waals surface area contributed by atoms with E-state index in [1.54, 1.807) is 19.1 Å². The van der Waals surface area contributed by atoms with Gasteiger partial charge in [0.25, 0.3) is 10.0 Å². The normalized spacial score (nSPS) is 11.7. The van der Waals surface area contributed by atoms with Crippen molar-refractivity contribution in [2.75, 3.05) is 6.61 Å². The third-order valence-corrected chi connectivity index (χ3v) is 5.91. The Morgan fingerprint density at radius 1 is 1.19 bits per heavy atom. The topological polar surface area (TPSA) is 65.4 Å². The van der Waals surface area contributed by atoms with E-state index in [2.05, 4.69) is 0 Å².